The number of benzene rings is 1. The molecule has 0 fully saturated rings. The maximum Gasteiger partial charge on any atom is 0.345 e. The van der Waals surface area contributed by atoms with Crippen LogP contribution < -0.4 is 5.63 Å². The molecule has 5 nitrogen and oxygen atoms in total. The Balaban J connectivity index is 1.77. The van der Waals surface area contributed by atoms with Gasteiger partial charge in [-0.2, -0.15) is 5.26 Å². The summed E-state index contributed by atoms with van der Waals surface area (Å²) in [7, 11) is 0. The van der Waals surface area contributed by atoms with E-state index in [9.17, 15) is 10.1 Å². The minimum Gasteiger partial charge on any atom is -0.462 e. The van der Waals surface area contributed by atoms with E-state index in [0.29, 0.717) is 43.6 Å². The molecule has 4 aromatic rings. The summed E-state index contributed by atoms with van der Waals surface area (Å²) in [5.41, 5.74) is 1.08. The van der Waals surface area contributed by atoms with E-state index in [2.05, 4.69) is 11.1 Å². The largest absolute Gasteiger partial charge is 0.462 e. The van der Waals surface area contributed by atoms with Gasteiger partial charge in [0.15, 0.2) is 0 Å². The third-order valence-corrected chi connectivity index (χ3v) is 4.98. The molecule has 4 rings (SSSR count). The van der Waals surface area contributed by atoms with Crippen LogP contribution >= 0.6 is 22.9 Å². The van der Waals surface area contributed by atoms with Crippen molar-refractivity contribution in [3.63, 3.8) is 0 Å². The molecule has 27 heavy (non-hydrogen) atoms. The van der Waals surface area contributed by atoms with Crippen LogP contribution in [0.4, 0.5) is 0 Å². The fourth-order valence-corrected chi connectivity index (χ4v) is 3.58. The van der Waals surface area contributed by atoms with Crippen molar-refractivity contribution < 1.29 is 8.83 Å². The van der Waals surface area contributed by atoms with Crippen molar-refractivity contribution in [3.05, 3.63) is 73.7 Å². The maximum atomic E-state index is 12.3. The molecule has 0 radical (unpaired) electrons. The highest BCUT2D eigenvalue weighted by Gasteiger charge is 2.14. The van der Waals surface area contributed by atoms with Crippen molar-refractivity contribution in [2.24, 2.45) is 0 Å². The van der Waals surface area contributed by atoms with E-state index in [1.165, 1.54) is 11.3 Å². The number of nitriles is 1. The molecule has 3 aromatic heterocycles. The number of thiazole rings is 1. The number of aryl methyl sites for hydroxylation is 1. The molecule has 0 spiro atoms. The number of aromatic nitrogens is 1. The second-order valence-electron chi connectivity index (χ2n) is 5.79. The number of furan rings is 1. The Morgan fingerprint density at radius 1 is 1.26 bits per heavy atom. The number of rotatable bonds is 3. The summed E-state index contributed by atoms with van der Waals surface area (Å²) in [6, 6.07) is 12.4. The first-order valence-corrected chi connectivity index (χ1v) is 9.17. The zero-order valence-electron chi connectivity index (χ0n) is 14.0. The van der Waals surface area contributed by atoms with Crippen molar-refractivity contribution in [1.29, 1.82) is 5.26 Å². The zero-order chi connectivity index (χ0) is 19.0. The van der Waals surface area contributed by atoms with Crippen LogP contribution in [-0.4, -0.2) is 4.98 Å². The highest BCUT2D eigenvalue weighted by Crippen LogP contribution is 2.28. The van der Waals surface area contributed by atoms with Crippen LogP contribution in [-0.2, 0) is 0 Å². The molecule has 0 aliphatic heterocycles. The molecule has 0 amide bonds. The molecule has 0 atom stereocenters. The molecule has 0 unspecified atom stereocenters. The van der Waals surface area contributed by atoms with Crippen molar-refractivity contribution in [3.8, 4) is 17.3 Å². The van der Waals surface area contributed by atoms with Gasteiger partial charge >= 0.3 is 5.63 Å². The Labute approximate surface area is 162 Å². The zero-order valence-corrected chi connectivity index (χ0v) is 15.6. The lowest BCUT2D eigenvalue weighted by Gasteiger charge is -2.00. The number of allylic oxidation sites excluding steroid dienone is 1. The van der Waals surface area contributed by atoms with Gasteiger partial charge in [0, 0.05) is 21.9 Å². The lowest BCUT2D eigenvalue weighted by atomic mass is 10.1. The highest BCUT2D eigenvalue weighted by atomic mass is 35.5. The van der Waals surface area contributed by atoms with E-state index in [-0.39, 0.29) is 0 Å². The minimum atomic E-state index is -0.495. The van der Waals surface area contributed by atoms with Crippen LogP contribution in [0.3, 0.4) is 0 Å². The van der Waals surface area contributed by atoms with E-state index in [4.69, 9.17) is 20.4 Å². The highest BCUT2D eigenvalue weighted by molar-refractivity contribution is 7.11. The summed E-state index contributed by atoms with van der Waals surface area (Å²) >= 11 is 7.28. The van der Waals surface area contributed by atoms with Gasteiger partial charge in [-0.15, -0.1) is 11.3 Å². The van der Waals surface area contributed by atoms with Crippen molar-refractivity contribution in [2.75, 3.05) is 0 Å². The third-order valence-electron chi connectivity index (χ3n) is 3.87. The van der Waals surface area contributed by atoms with Crippen LogP contribution in [0.1, 0.15) is 16.5 Å². The van der Waals surface area contributed by atoms with E-state index in [1.54, 1.807) is 41.8 Å². The van der Waals surface area contributed by atoms with Gasteiger partial charge in [-0.25, -0.2) is 9.78 Å². The average Bonchev–Trinajstić information content (AvgIpc) is 3.28. The van der Waals surface area contributed by atoms with Crippen LogP contribution in [0.25, 0.3) is 33.9 Å². The summed E-state index contributed by atoms with van der Waals surface area (Å²) in [5.74, 6) is 1.33. The molecule has 7 heteroatoms. The number of halogens is 1. The number of hydrogen-bond donors (Lipinski definition) is 0. The Bertz CT molecular complexity index is 1290. The maximum absolute atomic E-state index is 12.3. The standard InChI is InChI=1S/C20H11ClN2O3S/c1-11-2-4-15(25-11)7-13(9-22)19-23-17(10-27-19)16-8-12-6-14(21)3-5-18(12)26-20(16)24/h2-8,10H,1H3. The van der Waals surface area contributed by atoms with Crippen molar-refractivity contribution in [1.82, 2.24) is 4.98 Å². The topological polar surface area (TPSA) is 80.0 Å². The average molecular weight is 395 g/mol. The summed E-state index contributed by atoms with van der Waals surface area (Å²) in [5, 5.41) is 12.9. The summed E-state index contributed by atoms with van der Waals surface area (Å²) < 4.78 is 10.8. The first kappa shape index (κ1) is 17.3. The first-order valence-electron chi connectivity index (χ1n) is 7.91. The third kappa shape index (κ3) is 3.43. The monoisotopic (exact) mass is 394 g/mol. The van der Waals surface area contributed by atoms with Gasteiger partial charge in [0.2, 0.25) is 0 Å². The summed E-state index contributed by atoms with van der Waals surface area (Å²) in [6.07, 6.45) is 1.62. The van der Waals surface area contributed by atoms with Gasteiger partial charge in [-0.3, -0.25) is 0 Å². The minimum absolute atomic E-state index is 0.318. The number of fused-ring (bicyclic) bond motifs is 1. The fraction of sp³-hybridized carbons (Fsp3) is 0.0500. The molecule has 0 N–H and O–H groups in total. The summed E-state index contributed by atoms with van der Waals surface area (Å²) in [6.45, 7) is 1.83. The fourth-order valence-electron chi connectivity index (χ4n) is 2.61. The number of hydrogen-bond acceptors (Lipinski definition) is 6. The quantitative estimate of drug-likeness (QED) is 0.337. The van der Waals surface area contributed by atoms with Gasteiger partial charge in [-0.1, -0.05) is 11.6 Å². The van der Waals surface area contributed by atoms with Gasteiger partial charge in [0.25, 0.3) is 0 Å². The smallest absolute Gasteiger partial charge is 0.345 e. The second kappa shape index (κ2) is 6.88. The van der Waals surface area contributed by atoms with Crippen LogP contribution in [0, 0.1) is 18.3 Å². The molecule has 0 aliphatic carbocycles. The molecular weight excluding hydrogens is 384 g/mol. The van der Waals surface area contributed by atoms with Crippen molar-refractivity contribution >= 4 is 45.6 Å². The Kier molecular flexibility index (Phi) is 4.40. The SMILES string of the molecule is Cc1ccc(C=C(C#N)c2nc(-c3cc4cc(Cl)ccc4oc3=O)cs2)o1. The molecule has 1 aromatic carbocycles. The Morgan fingerprint density at radius 2 is 2.11 bits per heavy atom. The van der Waals surface area contributed by atoms with Gasteiger partial charge < -0.3 is 8.83 Å². The van der Waals surface area contributed by atoms with Crippen LogP contribution in [0.15, 0.2) is 55.4 Å². The molecule has 0 aliphatic rings. The molecule has 3 heterocycles. The van der Waals surface area contributed by atoms with E-state index >= 15 is 0 Å². The van der Waals surface area contributed by atoms with E-state index in [0.717, 1.165) is 5.76 Å². The molecular formula is C20H11ClN2O3S. The van der Waals surface area contributed by atoms with Crippen LogP contribution in [0.5, 0.6) is 0 Å². The summed E-state index contributed by atoms with van der Waals surface area (Å²) in [4.78, 5) is 16.8. The predicted molar refractivity (Wildman–Crippen MR) is 106 cm³/mol. The van der Waals surface area contributed by atoms with Gasteiger partial charge in [-0.05, 0) is 43.3 Å². The number of nitrogens with zero attached hydrogens (tertiary/aromatic N) is 2. The Hall–Kier alpha value is -3.14. The van der Waals surface area contributed by atoms with Crippen LogP contribution in [0.2, 0.25) is 5.02 Å². The van der Waals surface area contributed by atoms with E-state index < -0.39 is 5.63 Å². The second-order valence-corrected chi connectivity index (χ2v) is 7.08. The van der Waals surface area contributed by atoms with E-state index in [1.807, 2.05) is 13.0 Å². The molecule has 0 saturated carbocycles. The molecule has 0 bridgehead atoms. The molecule has 132 valence electrons. The first-order chi connectivity index (χ1) is 13.0. The van der Waals surface area contributed by atoms with Crippen molar-refractivity contribution in [2.45, 2.75) is 6.92 Å². The Morgan fingerprint density at radius 3 is 2.85 bits per heavy atom. The van der Waals surface area contributed by atoms with Gasteiger partial charge in [0.1, 0.15) is 28.2 Å². The lowest BCUT2D eigenvalue weighted by Crippen LogP contribution is -2.02. The van der Waals surface area contributed by atoms with Gasteiger partial charge in [0.05, 0.1) is 16.8 Å². The lowest BCUT2D eigenvalue weighted by molar-refractivity contribution is 0.525. The molecule has 0 saturated heterocycles. The normalized spacial score (nSPS) is 11.7. The predicted octanol–water partition coefficient (Wildman–Crippen LogP) is 5.54.